The molecule has 1 aliphatic carbocycles. The Labute approximate surface area is 98.0 Å². The van der Waals surface area contributed by atoms with E-state index in [0.29, 0.717) is 11.6 Å². The van der Waals surface area contributed by atoms with Gasteiger partial charge < -0.3 is 10.1 Å². The number of hydrogen-bond acceptors (Lipinski definition) is 2. The van der Waals surface area contributed by atoms with Crippen LogP contribution in [0, 0.1) is 5.92 Å². The molecule has 0 saturated carbocycles. The Balaban J connectivity index is 1.64. The maximum absolute atomic E-state index is 11.1. The quantitative estimate of drug-likeness (QED) is 0.813. The molecule has 1 heterocycles. The first kappa shape index (κ1) is 9.73. The van der Waals surface area contributed by atoms with Crippen molar-refractivity contribution >= 4 is 17.5 Å². The highest BCUT2D eigenvalue weighted by molar-refractivity contribution is 6.31. The number of fused-ring (bicyclic) bond motifs is 1. The predicted molar refractivity (Wildman–Crippen MR) is 59.7 cm³/mol. The first-order valence-electron chi connectivity index (χ1n) is 5.14. The van der Waals surface area contributed by atoms with Crippen LogP contribution in [0.3, 0.4) is 0 Å². The lowest BCUT2D eigenvalue weighted by molar-refractivity contribution is -0.136. The second kappa shape index (κ2) is 3.52. The Morgan fingerprint density at radius 2 is 2.19 bits per heavy atom. The number of carbonyl (C=O) groups is 1. The smallest absolute Gasteiger partial charge is 0.233 e. The fourth-order valence-corrected chi connectivity index (χ4v) is 2.12. The molecular formula is C12H10ClNO2. The first-order valence-corrected chi connectivity index (χ1v) is 5.52. The van der Waals surface area contributed by atoms with E-state index in [4.69, 9.17) is 16.3 Å². The van der Waals surface area contributed by atoms with Crippen molar-refractivity contribution in [2.45, 2.75) is 12.6 Å². The molecule has 1 amide bonds. The van der Waals surface area contributed by atoms with Crippen LogP contribution in [0.1, 0.15) is 5.56 Å². The summed E-state index contributed by atoms with van der Waals surface area (Å²) >= 11 is 6.00. The standard InChI is InChI=1S/C12H10ClNO2/c13-8-4-2-1-3-7(8)6-16-10-5-9-11(10)12(15)14-9/h1-5,9,11H,6H2,(H,14,15)/t9-,11-/m1/s1. The summed E-state index contributed by atoms with van der Waals surface area (Å²) in [6.45, 7) is 0.419. The number of nitrogens with one attached hydrogen (secondary N) is 1. The molecule has 16 heavy (non-hydrogen) atoms. The summed E-state index contributed by atoms with van der Waals surface area (Å²) in [4.78, 5) is 11.1. The van der Waals surface area contributed by atoms with E-state index in [2.05, 4.69) is 5.32 Å². The van der Waals surface area contributed by atoms with E-state index in [1.165, 1.54) is 0 Å². The lowest BCUT2D eigenvalue weighted by atomic mass is 9.78. The van der Waals surface area contributed by atoms with E-state index in [-0.39, 0.29) is 17.9 Å². The van der Waals surface area contributed by atoms with Gasteiger partial charge in [-0.1, -0.05) is 29.8 Å². The topological polar surface area (TPSA) is 38.3 Å². The van der Waals surface area contributed by atoms with E-state index < -0.39 is 0 Å². The zero-order valence-corrected chi connectivity index (χ0v) is 9.20. The number of benzene rings is 1. The molecule has 1 N–H and O–H groups in total. The van der Waals surface area contributed by atoms with E-state index >= 15 is 0 Å². The fourth-order valence-electron chi connectivity index (χ4n) is 1.92. The van der Waals surface area contributed by atoms with Gasteiger partial charge in [-0.15, -0.1) is 0 Å². The van der Waals surface area contributed by atoms with Crippen LogP contribution in [0.5, 0.6) is 0 Å². The third-order valence-corrected chi connectivity index (χ3v) is 3.32. The number of ether oxygens (including phenoxy) is 1. The van der Waals surface area contributed by atoms with Gasteiger partial charge in [0.25, 0.3) is 0 Å². The van der Waals surface area contributed by atoms with Gasteiger partial charge in [-0.3, -0.25) is 4.79 Å². The van der Waals surface area contributed by atoms with Crippen molar-refractivity contribution in [3.8, 4) is 0 Å². The van der Waals surface area contributed by atoms with Gasteiger partial charge in [0.15, 0.2) is 0 Å². The van der Waals surface area contributed by atoms with Crippen molar-refractivity contribution in [3.05, 3.63) is 46.7 Å². The number of carbonyl (C=O) groups excluding carboxylic acids is 1. The zero-order chi connectivity index (χ0) is 11.1. The third kappa shape index (κ3) is 1.39. The third-order valence-electron chi connectivity index (χ3n) is 2.95. The Hall–Kier alpha value is -1.48. The minimum atomic E-state index is -0.0533. The van der Waals surface area contributed by atoms with Gasteiger partial charge in [0.05, 0.1) is 6.04 Å². The summed E-state index contributed by atoms with van der Waals surface area (Å²) < 4.78 is 5.56. The van der Waals surface area contributed by atoms with Crippen molar-refractivity contribution < 1.29 is 9.53 Å². The number of halogens is 1. The predicted octanol–water partition coefficient (Wildman–Crippen LogP) is 1.87. The highest BCUT2D eigenvalue weighted by Crippen LogP contribution is 2.36. The number of hydrogen-bond donors (Lipinski definition) is 1. The van der Waals surface area contributed by atoms with Crippen LogP contribution in [0.15, 0.2) is 36.1 Å². The van der Waals surface area contributed by atoms with Gasteiger partial charge in [-0.05, 0) is 12.1 Å². The summed E-state index contributed by atoms with van der Waals surface area (Å²) in [6.07, 6.45) is 1.93. The summed E-state index contributed by atoms with van der Waals surface area (Å²) in [5.74, 6) is 0.776. The van der Waals surface area contributed by atoms with E-state index in [9.17, 15) is 4.79 Å². The normalized spacial score (nSPS) is 25.8. The fraction of sp³-hybridized carbons (Fsp3) is 0.250. The molecule has 0 unspecified atom stereocenters. The second-order valence-electron chi connectivity index (χ2n) is 3.96. The van der Waals surface area contributed by atoms with Crippen molar-refractivity contribution in [2.75, 3.05) is 0 Å². The SMILES string of the molecule is O=C1N[C@@H]2C=C(OCc3ccccc3Cl)[C@H]12. The molecule has 4 heteroatoms. The van der Waals surface area contributed by atoms with Crippen molar-refractivity contribution in [1.82, 2.24) is 5.32 Å². The van der Waals surface area contributed by atoms with Crippen LogP contribution in [-0.4, -0.2) is 11.9 Å². The molecular weight excluding hydrogens is 226 g/mol. The van der Waals surface area contributed by atoms with Crippen LogP contribution in [-0.2, 0) is 16.1 Å². The molecule has 3 rings (SSSR count). The molecule has 1 saturated heterocycles. The molecule has 1 fully saturated rings. The number of β-lactam (4-membered cyclic amide) rings is 1. The highest BCUT2D eigenvalue weighted by Gasteiger charge is 2.49. The number of amides is 1. The molecule has 2 aliphatic rings. The first-order chi connectivity index (χ1) is 7.75. The Kier molecular flexibility index (Phi) is 2.14. The van der Waals surface area contributed by atoms with Gasteiger partial charge >= 0.3 is 0 Å². The van der Waals surface area contributed by atoms with Gasteiger partial charge in [0.1, 0.15) is 18.3 Å². The van der Waals surface area contributed by atoms with Crippen LogP contribution in [0.2, 0.25) is 5.02 Å². The second-order valence-corrected chi connectivity index (χ2v) is 4.37. The number of rotatable bonds is 3. The molecule has 2 atom stereocenters. The largest absolute Gasteiger partial charge is 0.493 e. The van der Waals surface area contributed by atoms with Crippen molar-refractivity contribution in [1.29, 1.82) is 0 Å². The monoisotopic (exact) mass is 235 g/mol. The van der Waals surface area contributed by atoms with Gasteiger partial charge in [0.2, 0.25) is 5.91 Å². The molecule has 0 aromatic heterocycles. The molecule has 1 aromatic rings. The Morgan fingerprint density at radius 1 is 1.38 bits per heavy atom. The van der Waals surface area contributed by atoms with Gasteiger partial charge in [-0.2, -0.15) is 0 Å². The summed E-state index contributed by atoms with van der Waals surface area (Å²) in [7, 11) is 0. The highest BCUT2D eigenvalue weighted by atomic mass is 35.5. The minimum Gasteiger partial charge on any atom is -0.493 e. The molecule has 1 aromatic carbocycles. The molecule has 3 nitrogen and oxygen atoms in total. The average molecular weight is 236 g/mol. The van der Waals surface area contributed by atoms with Crippen LogP contribution >= 0.6 is 11.6 Å². The minimum absolute atomic E-state index is 0.0533. The van der Waals surface area contributed by atoms with E-state index in [1.807, 2.05) is 30.3 Å². The van der Waals surface area contributed by atoms with Crippen molar-refractivity contribution in [2.24, 2.45) is 5.92 Å². The molecule has 1 aliphatic heterocycles. The van der Waals surface area contributed by atoms with E-state index in [0.717, 1.165) is 11.3 Å². The lowest BCUT2D eigenvalue weighted by Crippen LogP contribution is -2.63. The summed E-state index contributed by atoms with van der Waals surface area (Å²) in [5.41, 5.74) is 0.938. The van der Waals surface area contributed by atoms with Crippen molar-refractivity contribution in [3.63, 3.8) is 0 Å². The van der Waals surface area contributed by atoms with Crippen LogP contribution < -0.4 is 5.32 Å². The summed E-state index contributed by atoms with van der Waals surface area (Å²) in [6, 6.07) is 7.74. The average Bonchev–Trinajstić information content (AvgIpc) is 2.24. The van der Waals surface area contributed by atoms with Crippen LogP contribution in [0.4, 0.5) is 0 Å². The molecule has 0 radical (unpaired) electrons. The molecule has 82 valence electrons. The van der Waals surface area contributed by atoms with E-state index in [1.54, 1.807) is 0 Å². The summed E-state index contributed by atoms with van der Waals surface area (Å²) in [5, 5.41) is 3.45. The van der Waals surface area contributed by atoms with Gasteiger partial charge in [-0.25, -0.2) is 0 Å². The lowest BCUT2D eigenvalue weighted by Gasteiger charge is -2.43. The van der Waals surface area contributed by atoms with Crippen LogP contribution in [0.25, 0.3) is 0 Å². The molecule has 0 bridgehead atoms. The zero-order valence-electron chi connectivity index (χ0n) is 8.44. The Bertz CT molecular complexity index is 484. The maximum Gasteiger partial charge on any atom is 0.233 e. The van der Waals surface area contributed by atoms with Gasteiger partial charge in [0, 0.05) is 10.6 Å². The molecule has 0 spiro atoms. The maximum atomic E-state index is 11.1. The Morgan fingerprint density at radius 3 is 2.88 bits per heavy atom.